The Hall–Kier alpha value is -1.03. The van der Waals surface area contributed by atoms with E-state index in [1.54, 1.807) is 18.2 Å². The molecule has 1 fully saturated rings. The average Bonchev–Trinajstić information content (AvgIpc) is 2.42. The zero-order chi connectivity index (χ0) is 13.8. The van der Waals surface area contributed by atoms with Crippen molar-refractivity contribution >= 4 is 27.5 Å². The fraction of sp³-hybridized carbons (Fsp3) is 0.533. The van der Waals surface area contributed by atoms with E-state index in [0.717, 1.165) is 4.47 Å². The lowest BCUT2D eigenvalue weighted by molar-refractivity contribution is 0.0919. The summed E-state index contributed by atoms with van der Waals surface area (Å²) in [7, 11) is 0. The summed E-state index contributed by atoms with van der Waals surface area (Å²) in [6.45, 7) is 2.11. The van der Waals surface area contributed by atoms with Crippen molar-refractivity contribution < 1.29 is 4.79 Å². The van der Waals surface area contributed by atoms with E-state index in [1.807, 2.05) is 0 Å². The monoisotopic (exact) mass is 324 g/mol. The molecule has 0 heterocycles. The highest BCUT2D eigenvalue weighted by Crippen LogP contribution is 2.26. The number of halogens is 1. The maximum atomic E-state index is 12.2. The number of nitrogen functional groups attached to an aromatic ring is 1. The van der Waals surface area contributed by atoms with Gasteiger partial charge in [-0.2, -0.15) is 0 Å². The Kier molecular flexibility index (Phi) is 4.86. The molecule has 0 aliphatic heterocycles. The number of amides is 1. The minimum Gasteiger partial charge on any atom is -0.398 e. The number of carbonyl (C=O) groups is 1. The topological polar surface area (TPSA) is 55.1 Å². The predicted molar refractivity (Wildman–Crippen MR) is 82.1 cm³/mol. The largest absolute Gasteiger partial charge is 0.398 e. The molecule has 1 atom stereocenters. The fourth-order valence-electron chi connectivity index (χ4n) is 2.71. The third kappa shape index (κ3) is 3.72. The molecule has 1 unspecified atom stereocenters. The smallest absolute Gasteiger partial charge is 0.251 e. The highest BCUT2D eigenvalue weighted by molar-refractivity contribution is 9.10. The highest BCUT2D eigenvalue weighted by Gasteiger charge is 2.21. The molecule has 0 saturated heterocycles. The molecule has 19 heavy (non-hydrogen) atoms. The second kappa shape index (κ2) is 6.42. The van der Waals surface area contributed by atoms with Gasteiger partial charge in [-0.3, -0.25) is 4.79 Å². The van der Waals surface area contributed by atoms with Crippen LogP contribution in [-0.2, 0) is 0 Å². The lowest BCUT2D eigenvalue weighted by atomic mass is 9.84. The Morgan fingerprint density at radius 1 is 1.37 bits per heavy atom. The average molecular weight is 325 g/mol. The van der Waals surface area contributed by atoms with E-state index < -0.39 is 0 Å². The lowest BCUT2D eigenvalue weighted by Gasteiger charge is -2.28. The van der Waals surface area contributed by atoms with Crippen LogP contribution in [0, 0.1) is 5.92 Å². The third-order valence-electron chi connectivity index (χ3n) is 3.98. The van der Waals surface area contributed by atoms with Crippen LogP contribution in [0.3, 0.4) is 0 Å². The van der Waals surface area contributed by atoms with Crippen LogP contribution in [0.5, 0.6) is 0 Å². The Balaban J connectivity index is 1.97. The first-order chi connectivity index (χ1) is 9.08. The van der Waals surface area contributed by atoms with E-state index in [2.05, 4.69) is 28.2 Å². The van der Waals surface area contributed by atoms with Gasteiger partial charge in [-0.1, -0.05) is 19.3 Å². The van der Waals surface area contributed by atoms with E-state index >= 15 is 0 Å². The second-order valence-corrected chi connectivity index (χ2v) is 6.25. The fourth-order valence-corrected chi connectivity index (χ4v) is 3.09. The van der Waals surface area contributed by atoms with Crippen LogP contribution in [-0.4, -0.2) is 11.9 Å². The molecular weight excluding hydrogens is 304 g/mol. The minimum atomic E-state index is -0.0150. The molecule has 0 aromatic heterocycles. The number of benzene rings is 1. The first-order valence-corrected chi connectivity index (χ1v) is 7.73. The van der Waals surface area contributed by atoms with Gasteiger partial charge in [0, 0.05) is 21.8 Å². The number of nitrogens with two attached hydrogens (primary N) is 1. The number of rotatable bonds is 3. The van der Waals surface area contributed by atoms with Crippen LogP contribution in [0.25, 0.3) is 0 Å². The van der Waals surface area contributed by atoms with Gasteiger partial charge in [-0.15, -0.1) is 0 Å². The zero-order valence-corrected chi connectivity index (χ0v) is 12.9. The third-order valence-corrected chi connectivity index (χ3v) is 4.67. The molecule has 1 aromatic rings. The van der Waals surface area contributed by atoms with Crippen molar-refractivity contribution in [3.05, 3.63) is 28.2 Å². The molecular formula is C15H21BrN2O. The number of hydrogen-bond acceptors (Lipinski definition) is 2. The van der Waals surface area contributed by atoms with Crippen molar-refractivity contribution in [2.45, 2.75) is 45.1 Å². The van der Waals surface area contributed by atoms with Crippen LogP contribution in [0.15, 0.2) is 22.7 Å². The van der Waals surface area contributed by atoms with Gasteiger partial charge >= 0.3 is 0 Å². The Labute approximate surface area is 123 Å². The predicted octanol–water partition coefficient (Wildman–Crippen LogP) is 3.73. The van der Waals surface area contributed by atoms with Gasteiger partial charge in [0.2, 0.25) is 0 Å². The van der Waals surface area contributed by atoms with Crippen molar-refractivity contribution in [3.63, 3.8) is 0 Å². The van der Waals surface area contributed by atoms with Gasteiger partial charge in [-0.05, 0) is 59.8 Å². The maximum absolute atomic E-state index is 12.2. The van der Waals surface area contributed by atoms with Crippen LogP contribution in [0.1, 0.15) is 49.4 Å². The van der Waals surface area contributed by atoms with Crippen molar-refractivity contribution in [2.75, 3.05) is 5.73 Å². The number of anilines is 1. The summed E-state index contributed by atoms with van der Waals surface area (Å²) in [6, 6.07) is 5.54. The standard InChI is InChI=1S/C15H21BrN2O/c1-10(11-5-3-2-4-6-11)18-15(19)12-7-8-14(17)13(16)9-12/h7-11H,2-6,17H2,1H3,(H,18,19). The molecule has 1 amide bonds. The molecule has 1 aromatic carbocycles. The SMILES string of the molecule is CC(NC(=O)c1ccc(N)c(Br)c1)C1CCCCC1. The molecule has 0 radical (unpaired) electrons. The van der Waals surface area contributed by atoms with Gasteiger partial charge in [0.25, 0.3) is 5.91 Å². The summed E-state index contributed by atoms with van der Waals surface area (Å²) in [5.74, 6) is 0.605. The highest BCUT2D eigenvalue weighted by atomic mass is 79.9. The molecule has 0 bridgehead atoms. The van der Waals surface area contributed by atoms with Crippen LogP contribution in [0.2, 0.25) is 0 Å². The van der Waals surface area contributed by atoms with Crippen molar-refractivity contribution in [2.24, 2.45) is 5.92 Å². The van der Waals surface area contributed by atoms with E-state index in [4.69, 9.17) is 5.73 Å². The van der Waals surface area contributed by atoms with Gasteiger partial charge in [0.05, 0.1) is 0 Å². The lowest BCUT2D eigenvalue weighted by Crippen LogP contribution is -2.38. The second-order valence-electron chi connectivity index (χ2n) is 5.40. The molecule has 104 valence electrons. The normalized spacial score (nSPS) is 18.0. The van der Waals surface area contributed by atoms with E-state index in [0.29, 0.717) is 17.2 Å². The van der Waals surface area contributed by atoms with E-state index in [9.17, 15) is 4.79 Å². The molecule has 1 aliphatic rings. The summed E-state index contributed by atoms with van der Waals surface area (Å²) >= 11 is 3.35. The molecule has 4 heteroatoms. The number of hydrogen-bond donors (Lipinski definition) is 2. The summed E-state index contributed by atoms with van der Waals surface area (Å²) in [6.07, 6.45) is 6.37. The van der Waals surface area contributed by atoms with Crippen molar-refractivity contribution in [3.8, 4) is 0 Å². The van der Waals surface area contributed by atoms with Gasteiger partial charge in [0.15, 0.2) is 0 Å². The van der Waals surface area contributed by atoms with Crippen LogP contribution >= 0.6 is 15.9 Å². The Morgan fingerprint density at radius 2 is 2.05 bits per heavy atom. The Morgan fingerprint density at radius 3 is 2.68 bits per heavy atom. The maximum Gasteiger partial charge on any atom is 0.251 e. The quantitative estimate of drug-likeness (QED) is 0.832. The van der Waals surface area contributed by atoms with Gasteiger partial charge in [0.1, 0.15) is 0 Å². The molecule has 3 nitrogen and oxygen atoms in total. The molecule has 0 spiro atoms. The summed E-state index contributed by atoms with van der Waals surface area (Å²) < 4.78 is 0.769. The van der Waals surface area contributed by atoms with Crippen molar-refractivity contribution in [1.82, 2.24) is 5.32 Å². The molecule has 2 rings (SSSR count). The molecule has 3 N–H and O–H groups in total. The first-order valence-electron chi connectivity index (χ1n) is 6.94. The number of nitrogens with one attached hydrogen (secondary N) is 1. The summed E-state index contributed by atoms with van der Waals surface area (Å²) in [4.78, 5) is 12.2. The molecule has 1 saturated carbocycles. The van der Waals surface area contributed by atoms with Gasteiger partial charge in [-0.25, -0.2) is 0 Å². The molecule has 1 aliphatic carbocycles. The van der Waals surface area contributed by atoms with Crippen LogP contribution < -0.4 is 11.1 Å². The van der Waals surface area contributed by atoms with E-state index in [-0.39, 0.29) is 11.9 Å². The Bertz CT molecular complexity index is 455. The summed E-state index contributed by atoms with van der Waals surface area (Å²) in [5.41, 5.74) is 7.03. The summed E-state index contributed by atoms with van der Waals surface area (Å²) in [5, 5.41) is 3.11. The first kappa shape index (κ1) is 14.4. The van der Waals surface area contributed by atoms with Crippen molar-refractivity contribution in [1.29, 1.82) is 0 Å². The van der Waals surface area contributed by atoms with Crippen LogP contribution in [0.4, 0.5) is 5.69 Å². The number of carbonyl (C=O) groups excluding carboxylic acids is 1. The van der Waals surface area contributed by atoms with E-state index in [1.165, 1.54) is 32.1 Å². The minimum absolute atomic E-state index is 0.0150. The van der Waals surface area contributed by atoms with Gasteiger partial charge < -0.3 is 11.1 Å². The zero-order valence-electron chi connectivity index (χ0n) is 11.3.